The molecule has 0 saturated heterocycles. The van der Waals surface area contributed by atoms with Crippen LogP contribution >= 0.6 is 0 Å². The first kappa shape index (κ1) is 9.14. The van der Waals surface area contributed by atoms with Crippen molar-refractivity contribution in [3.05, 3.63) is 35.4 Å². The van der Waals surface area contributed by atoms with Crippen LogP contribution in [0.3, 0.4) is 0 Å². The van der Waals surface area contributed by atoms with E-state index in [1.54, 1.807) is 0 Å². The van der Waals surface area contributed by atoms with E-state index in [9.17, 15) is 8.78 Å². The van der Waals surface area contributed by atoms with Crippen molar-refractivity contribution < 1.29 is 8.78 Å². The van der Waals surface area contributed by atoms with E-state index >= 15 is 0 Å². The molecule has 0 unspecified atom stereocenters. The summed E-state index contributed by atoms with van der Waals surface area (Å²) in [6.45, 7) is 0. The minimum atomic E-state index is -0.907. The maximum absolute atomic E-state index is 13.4. The second-order valence-electron chi connectivity index (χ2n) is 3.64. The highest BCUT2D eigenvalue weighted by Gasteiger charge is 2.42. The molecule has 0 aliphatic heterocycles. The molecule has 1 aromatic carbocycles. The van der Waals surface area contributed by atoms with Gasteiger partial charge in [0.2, 0.25) is 0 Å². The third kappa shape index (κ3) is 1.11. The molecule has 1 aromatic rings. The van der Waals surface area contributed by atoms with Crippen molar-refractivity contribution in [2.45, 2.75) is 24.7 Å². The Labute approximate surface area is 81.0 Å². The SMILES string of the molecule is N#CC1(c2c(F)cccc2F)CCC1. The van der Waals surface area contributed by atoms with Gasteiger partial charge in [-0.1, -0.05) is 6.07 Å². The molecular formula is C11H9F2N. The van der Waals surface area contributed by atoms with E-state index in [1.807, 2.05) is 6.07 Å². The van der Waals surface area contributed by atoms with Crippen molar-refractivity contribution in [1.29, 1.82) is 5.26 Å². The Morgan fingerprint density at radius 3 is 2.14 bits per heavy atom. The highest BCUT2D eigenvalue weighted by atomic mass is 19.1. The van der Waals surface area contributed by atoms with Gasteiger partial charge in [0.05, 0.1) is 11.5 Å². The third-order valence-electron chi connectivity index (χ3n) is 2.86. The van der Waals surface area contributed by atoms with Crippen LogP contribution in [0.25, 0.3) is 0 Å². The van der Waals surface area contributed by atoms with E-state index in [1.165, 1.54) is 18.2 Å². The summed E-state index contributed by atoms with van der Waals surface area (Å²) in [5, 5.41) is 8.96. The maximum atomic E-state index is 13.4. The summed E-state index contributed by atoms with van der Waals surface area (Å²) >= 11 is 0. The first-order valence-corrected chi connectivity index (χ1v) is 4.55. The largest absolute Gasteiger partial charge is 0.207 e. The van der Waals surface area contributed by atoms with Crippen molar-refractivity contribution in [1.82, 2.24) is 0 Å². The van der Waals surface area contributed by atoms with Gasteiger partial charge in [-0.15, -0.1) is 0 Å². The first-order chi connectivity index (χ1) is 6.69. The molecule has 0 heterocycles. The van der Waals surface area contributed by atoms with Gasteiger partial charge in [-0.25, -0.2) is 8.78 Å². The molecule has 1 aliphatic carbocycles. The molecule has 0 bridgehead atoms. The Balaban J connectivity index is 2.56. The van der Waals surface area contributed by atoms with E-state index in [2.05, 4.69) is 0 Å². The quantitative estimate of drug-likeness (QED) is 0.672. The van der Waals surface area contributed by atoms with Gasteiger partial charge in [-0.3, -0.25) is 0 Å². The number of hydrogen-bond acceptors (Lipinski definition) is 1. The molecule has 0 aromatic heterocycles. The molecule has 14 heavy (non-hydrogen) atoms. The summed E-state index contributed by atoms with van der Waals surface area (Å²) in [6, 6.07) is 5.76. The zero-order valence-corrected chi connectivity index (χ0v) is 7.56. The van der Waals surface area contributed by atoms with Gasteiger partial charge in [0.1, 0.15) is 11.6 Å². The van der Waals surface area contributed by atoms with Gasteiger partial charge < -0.3 is 0 Å². The number of hydrogen-bond donors (Lipinski definition) is 0. The lowest BCUT2D eigenvalue weighted by Crippen LogP contribution is -2.34. The summed E-state index contributed by atoms with van der Waals surface area (Å²) in [6.07, 6.45) is 1.98. The molecule has 0 amide bonds. The molecular weight excluding hydrogens is 184 g/mol. The Morgan fingerprint density at radius 2 is 1.79 bits per heavy atom. The normalized spacial score (nSPS) is 18.4. The highest BCUT2D eigenvalue weighted by molar-refractivity contribution is 5.37. The van der Waals surface area contributed by atoms with Crippen molar-refractivity contribution in [2.75, 3.05) is 0 Å². The monoisotopic (exact) mass is 193 g/mol. The molecule has 1 saturated carbocycles. The average Bonchev–Trinajstić information content (AvgIpc) is 2.08. The van der Waals surface area contributed by atoms with Crippen LogP contribution < -0.4 is 0 Å². The fourth-order valence-corrected chi connectivity index (χ4v) is 1.90. The molecule has 1 aliphatic rings. The highest BCUT2D eigenvalue weighted by Crippen LogP contribution is 2.44. The molecule has 72 valence electrons. The lowest BCUT2D eigenvalue weighted by Gasteiger charge is -2.35. The van der Waals surface area contributed by atoms with Gasteiger partial charge in [0.15, 0.2) is 0 Å². The fraction of sp³-hybridized carbons (Fsp3) is 0.364. The molecule has 1 nitrogen and oxygen atoms in total. The summed E-state index contributed by atoms with van der Waals surface area (Å²) in [4.78, 5) is 0. The minimum Gasteiger partial charge on any atom is -0.207 e. The zero-order chi connectivity index (χ0) is 10.2. The van der Waals surface area contributed by atoms with E-state index < -0.39 is 17.0 Å². The van der Waals surface area contributed by atoms with Crippen LogP contribution in [0.5, 0.6) is 0 Å². The van der Waals surface area contributed by atoms with Crippen LogP contribution in [0.4, 0.5) is 8.78 Å². The first-order valence-electron chi connectivity index (χ1n) is 4.55. The Hall–Kier alpha value is -1.43. The standard InChI is InChI=1S/C11H9F2N/c12-8-3-1-4-9(13)10(8)11(7-14)5-2-6-11/h1,3-4H,2,5-6H2. The molecule has 0 N–H and O–H groups in total. The Bertz CT molecular complexity index is 382. The van der Waals surface area contributed by atoms with E-state index in [0.29, 0.717) is 12.8 Å². The van der Waals surface area contributed by atoms with E-state index in [-0.39, 0.29) is 5.56 Å². The summed E-state index contributed by atoms with van der Waals surface area (Å²) in [7, 11) is 0. The third-order valence-corrected chi connectivity index (χ3v) is 2.86. The van der Waals surface area contributed by atoms with Crippen molar-refractivity contribution in [3.8, 4) is 6.07 Å². The number of nitrogens with zero attached hydrogens (tertiary/aromatic N) is 1. The van der Waals surface area contributed by atoms with Crippen molar-refractivity contribution >= 4 is 0 Å². The summed E-state index contributed by atoms with van der Waals surface area (Å²) in [5.41, 5.74) is -0.955. The smallest absolute Gasteiger partial charge is 0.130 e. The zero-order valence-electron chi connectivity index (χ0n) is 7.56. The predicted molar refractivity (Wildman–Crippen MR) is 47.5 cm³/mol. The lowest BCUT2D eigenvalue weighted by molar-refractivity contribution is 0.301. The van der Waals surface area contributed by atoms with Gasteiger partial charge in [0, 0.05) is 5.56 Å². The molecule has 2 rings (SSSR count). The Morgan fingerprint density at radius 1 is 1.21 bits per heavy atom. The van der Waals surface area contributed by atoms with Crippen molar-refractivity contribution in [3.63, 3.8) is 0 Å². The molecule has 0 atom stereocenters. The van der Waals surface area contributed by atoms with Gasteiger partial charge in [-0.2, -0.15) is 5.26 Å². The minimum absolute atomic E-state index is 0.0475. The van der Waals surface area contributed by atoms with Crippen LogP contribution in [0, 0.1) is 23.0 Å². The van der Waals surface area contributed by atoms with Gasteiger partial charge in [0.25, 0.3) is 0 Å². The lowest BCUT2D eigenvalue weighted by atomic mass is 9.65. The average molecular weight is 193 g/mol. The molecule has 1 fully saturated rings. The Kier molecular flexibility index (Phi) is 1.99. The van der Waals surface area contributed by atoms with Gasteiger partial charge in [-0.05, 0) is 31.4 Å². The summed E-state index contributed by atoms with van der Waals surface area (Å²) < 4.78 is 26.7. The number of rotatable bonds is 1. The van der Waals surface area contributed by atoms with E-state index in [4.69, 9.17) is 5.26 Å². The number of halogens is 2. The van der Waals surface area contributed by atoms with Crippen LogP contribution in [0.15, 0.2) is 18.2 Å². The predicted octanol–water partition coefficient (Wildman–Crippen LogP) is 2.91. The number of nitriles is 1. The topological polar surface area (TPSA) is 23.8 Å². The van der Waals surface area contributed by atoms with Crippen LogP contribution in [0.2, 0.25) is 0 Å². The second kappa shape index (κ2) is 3.06. The van der Waals surface area contributed by atoms with Gasteiger partial charge >= 0.3 is 0 Å². The van der Waals surface area contributed by atoms with Crippen molar-refractivity contribution in [2.24, 2.45) is 0 Å². The van der Waals surface area contributed by atoms with E-state index in [0.717, 1.165) is 6.42 Å². The summed E-state index contributed by atoms with van der Waals surface area (Å²) in [5.74, 6) is -1.21. The van der Waals surface area contributed by atoms with Crippen LogP contribution in [0.1, 0.15) is 24.8 Å². The molecule has 0 radical (unpaired) electrons. The fourth-order valence-electron chi connectivity index (χ4n) is 1.90. The van der Waals surface area contributed by atoms with Crippen LogP contribution in [-0.4, -0.2) is 0 Å². The van der Waals surface area contributed by atoms with Crippen LogP contribution in [-0.2, 0) is 5.41 Å². The number of benzene rings is 1. The molecule has 3 heteroatoms. The molecule has 0 spiro atoms. The maximum Gasteiger partial charge on any atom is 0.130 e. The second-order valence-corrected chi connectivity index (χ2v) is 3.64.